The van der Waals surface area contributed by atoms with E-state index in [1.54, 1.807) is 0 Å². The lowest BCUT2D eigenvalue weighted by Gasteiger charge is -2.25. The monoisotopic (exact) mass is 228 g/mol. The van der Waals surface area contributed by atoms with Gasteiger partial charge in [0.1, 0.15) is 5.78 Å². The number of aliphatic hydroxyl groups excluding tert-OH is 1. The number of hydrogen-bond donors (Lipinski definition) is 2. The van der Waals surface area contributed by atoms with Crippen molar-refractivity contribution in [1.82, 2.24) is 10.2 Å². The highest BCUT2D eigenvalue weighted by Gasteiger charge is 2.07. The molecule has 94 valence electrons. The largest absolute Gasteiger partial charge is 0.395 e. The molecule has 4 heteroatoms. The van der Waals surface area contributed by atoms with Crippen molar-refractivity contribution in [2.75, 3.05) is 39.3 Å². The Morgan fingerprint density at radius 3 is 2.19 bits per heavy atom. The minimum Gasteiger partial charge on any atom is -0.395 e. The number of hydrogen-bond acceptors (Lipinski definition) is 4. The first-order chi connectivity index (χ1) is 7.83. The molecule has 2 fully saturated rings. The Kier molecular flexibility index (Phi) is 7.38. The highest BCUT2D eigenvalue weighted by atomic mass is 16.3. The molecule has 0 amide bonds. The van der Waals surface area contributed by atoms with Crippen LogP contribution in [-0.2, 0) is 4.79 Å². The zero-order valence-electron chi connectivity index (χ0n) is 10.1. The molecule has 1 heterocycles. The van der Waals surface area contributed by atoms with Crippen LogP contribution in [0.3, 0.4) is 0 Å². The van der Waals surface area contributed by atoms with Crippen LogP contribution in [0.2, 0.25) is 0 Å². The summed E-state index contributed by atoms with van der Waals surface area (Å²) in [5.41, 5.74) is 0. The van der Waals surface area contributed by atoms with E-state index in [1.807, 2.05) is 0 Å². The Labute approximate surface area is 98.0 Å². The van der Waals surface area contributed by atoms with E-state index in [1.165, 1.54) is 6.42 Å². The molecule has 0 bridgehead atoms. The number of ketones is 1. The zero-order valence-corrected chi connectivity index (χ0v) is 10.1. The van der Waals surface area contributed by atoms with E-state index in [-0.39, 0.29) is 0 Å². The molecule has 1 aliphatic heterocycles. The smallest absolute Gasteiger partial charge is 0.132 e. The number of rotatable bonds is 2. The van der Waals surface area contributed by atoms with Gasteiger partial charge in [-0.3, -0.25) is 9.69 Å². The molecule has 2 N–H and O–H groups in total. The first-order valence-corrected chi connectivity index (χ1v) is 6.38. The molecular weight excluding hydrogens is 204 g/mol. The Bertz CT molecular complexity index is 181. The Morgan fingerprint density at radius 2 is 1.75 bits per heavy atom. The van der Waals surface area contributed by atoms with E-state index in [9.17, 15) is 4.79 Å². The van der Waals surface area contributed by atoms with Gasteiger partial charge in [0, 0.05) is 45.6 Å². The summed E-state index contributed by atoms with van der Waals surface area (Å²) in [6, 6.07) is 0. The van der Waals surface area contributed by atoms with Gasteiger partial charge in [0.15, 0.2) is 0 Å². The van der Waals surface area contributed by atoms with Crippen LogP contribution in [0, 0.1) is 0 Å². The van der Waals surface area contributed by atoms with Gasteiger partial charge in [0.25, 0.3) is 0 Å². The topological polar surface area (TPSA) is 52.6 Å². The summed E-state index contributed by atoms with van der Waals surface area (Å²) < 4.78 is 0. The summed E-state index contributed by atoms with van der Waals surface area (Å²) in [5.74, 6) is 0.464. The van der Waals surface area contributed by atoms with Crippen LogP contribution in [0.4, 0.5) is 0 Å². The van der Waals surface area contributed by atoms with E-state index in [2.05, 4.69) is 10.2 Å². The van der Waals surface area contributed by atoms with E-state index < -0.39 is 0 Å². The van der Waals surface area contributed by atoms with Gasteiger partial charge in [-0.1, -0.05) is 6.42 Å². The van der Waals surface area contributed by atoms with Crippen LogP contribution < -0.4 is 5.32 Å². The Balaban J connectivity index is 0.000000165. The number of β-amino-alcohol motifs (C(OH)–C–C–N with tert-alkyl or cyclic N) is 1. The van der Waals surface area contributed by atoms with Crippen molar-refractivity contribution < 1.29 is 9.90 Å². The quantitative estimate of drug-likeness (QED) is 0.718. The lowest BCUT2D eigenvalue weighted by Crippen LogP contribution is -2.44. The molecule has 0 spiro atoms. The van der Waals surface area contributed by atoms with Gasteiger partial charge in [-0.2, -0.15) is 0 Å². The molecule has 0 aromatic heterocycles. The number of nitrogens with one attached hydrogen (secondary N) is 1. The van der Waals surface area contributed by atoms with Gasteiger partial charge in [-0.15, -0.1) is 0 Å². The number of Topliss-reactive ketones (excluding diaryl/α,β-unsaturated/α-hetero) is 1. The fourth-order valence-electron chi connectivity index (χ4n) is 2.02. The van der Waals surface area contributed by atoms with E-state index in [4.69, 9.17) is 5.11 Å². The summed E-state index contributed by atoms with van der Waals surface area (Å²) in [6.07, 6.45) is 5.24. The molecule has 2 aliphatic rings. The Morgan fingerprint density at radius 1 is 1.12 bits per heavy atom. The number of nitrogens with zero attached hydrogens (tertiary/aromatic N) is 1. The van der Waals surface area contributed by atoms with Crippen molar-refractivity contribution >= 4 is 5.78 Å². The number of carbonyl (C=O) groups is 1. The van der Waals surface area contributed by atoms with Crippen molar-refractivity contribution in [1.29, 1.82) is 0 Å². The fourth-order valence-corrected chi connectivity index (χ4v) is 2.02. The van der Waals surface area contributed by atoms with E-state index in [0.29, 0.717) is 12.4 Å². The second-order valence-electron chi connectivity index (χ2n) is 4.41. The predicted molar refractivity (Wildman–Crippen MR) is 64.5 cm³/mol. The van der Waals surface area contributed by atoms with Crippen LogP contribution in [0.5, 0.6) is 0 Å². The van der Waals surface area contributed by atoms with Crippen molar-refractivity contribution in [3.63, 3.8) is 0 Å². The second-order valence-corrected chi connectivity index (χ2v) is 4.41. The molecule has 0 atom stereocenters. The van der Waals surface area contributed by atoms with E-state index in [0.717, 1.165) is 58.4 Å². The van der Waals surface area contributed by atoms with Crippen LogP contribution >= 0.6 is 0 Å². The SMILES string of the molecule is O=C1CCCCC1.OCCN1CCNCC1. The van der Waals surface area contributed by atoms with Crippen LogP contribution in [0.1, 0.15) is 32.1 Å². The second kappa shape index (κ2) is 8.67. The maximum atomic E-state index is 10.5. The molecule has 1 aliphatic carbocycles. The van der Waals surface area contributed by atoms with Gasteiger partial charge in [-0.25, -0.2) is 0 Å². The molecule has 16 heavy (non-hydrogen) atoms. The van der Waals surface area contributed by atoms with Crippen LogP contribution in [-0.4, -0.2) is 55.1 Å². The van der Waals surface area contributed by atoms with E-state index >= 15 is 0 Å². The normalized spacial score (nSPS) is 22.4. The first kappa shape index (κ1) is 13.6. The minimum absolute atomic E-state index is 0.292. The number of aliphatic hydroxyl groups is 1. The highest BCUT2D eigenvalue weighted by molar-refractivity contribution is 5.78. The predicted octanol–water partition coefficient (Wildman–Crippen LogP) is 0.404. The summed E-state index contributed by atoms with van der Waals surface area (Å²) in [6.45, 7) is 5.43. The van der Waals surface area contributed by atoms with Gasteiger partial charge in [-0.05, 0) is 12.8 Å². The summed E-state index contributed by atoms with van der Waals surface area (Å²) in [4.78, 5) is 12.7. The van der Waals surface area contributed by atoms with Crippen molar-refractivity contribution in [2.24, 2.45) is 0 Å². The van der Waals surface area contributed by atoms with Crippen molar-refractivity contribution in [2.45, 2.75) is 32.1 Å². The average Bonchev–Trinajstić information content (AvgIpc) is 2.33. The molecule has 1 saturated carbocycles. The minimum atomic E-state index is 0.292. The highest BCUT2D eigenvalue weighted by Crippen LogP contribution is 2.12. The van der Waals surface area contributed by atoms with Crippen molar-refractivity contribution in [3.05, 3.63) is 0 Å². The van der Waals surface area contributed by atoms with Crippen LogP contribution in [0.25, 0.3) is 0 Å². The lowest BCUT2D eigenvalue weighted by atomic mass is 10.00. The molecule has 4 nitrogen and oxygen atoms in total. The van der Waals surface area contributed by atoms with Gasteiger partial charge >= 0.3 is 0 Å². The third-order valence-electron chi connectivity index (χ3n) is 3.04. The number of piperazine rings is 1. The molecule has 0 aromatic carbocycles. The summed E-state index contributed by atoms with van der Waals surface area (Å²) >= 11 is 0. The van der Waals surface area contributed by atoms with Crippen molar-refractivity contribution in [3.8, 4) is 0 Å². The summed E-state index contributed by atoms with van der Waals surface area (Å²) in [7, 11) is 0. The maximum Gasteiger partial charge on any atom is 0.132 e. The number of carbonyl (C=O) groups excluding carboxylic acids is 1. The maximum absolute atomic E-state index is 10.5. The van der Waals surface area contributed by atoms with Crippen LogP contribution in [0.15, 0.2) is 0 Å². The molecule has 0 aromatic rings. The third kappa shape index (κ3) is 6.20. The van der Waals surface area contributed by atoms with Gasteiger partial charge < -0.3 is 10.4 Å². The standard InChI is InChI=1S/C6H14N2O.C6H10O/c9-6-5-8-3-1-7-2-4-8;7-6-4-2-1-3-5-6/h7,9H,1-6H2;1-5H2. The van der Waals surface area contributed by atoms with Gasteiger partial charge in [0.2, 0.25) is 0 Å². The molecule has 1 saturated heterocycles. The fraction of sp³-hybridized carbons (Fsp3) is 0.917. The summed E-state index contributed by atoms with van der Waals surface area (Å²) in [5, 5.41) is 11.8. The average molecular weight is 228 g/mol. The lowest BCUT2D eigenvalue weighted by molar-refractivity contribution is -0.120. The molecule has 0 unspecified atom stereocenters. The van der Waals surface area contributed by atoms with Gasteiger partial charge in [0.05, 0.1) is 6.61 Å². The molecular formula is C12H24N2O2. The first-order valence-electron chi connectivity index (χ1n) is 6.38. The third-order valence-corrected chi connectivity index (χ3v) is 3.04. The zero-order chi connectivity index (χ0) is 11.6. The molecule has 2 rings (SSSR count). The Hall–Kier alpha value is -0.450. The molecule has 0 radical (unpaired) electrons.